The third-order valence-corrected chi connectivity index (χ3v) is 3.46. The zero-order chi connectivity index (χ0) is 12.1. The predicted octanol–water partition coefficient (Wildman–Crippen LogP) is 3.72. The van der Waals surface area contributed by atoms with Crippen molar-refractivity contribution < 1.29 is 4.74 Å². The number of benzene rings is 1. The fourth-order valence-electron chi connectivity index (χ4n) is 2.29. The van der Waals surface area contributed by atoms with E-state index in [4.69, 9.17) is 16.3 Å². The Morgan fingerprint density at radius 1 is 1.24 bits per heavy atom. The van der Waals surface area contributed by atoms with Gasteiger partial charge in [-0.25, -0.2) is 0 Å². The van der Waals surface area contributed by atoms with Gasteiger partial charge in [-0.05, 0) is 50.6 Å². The molecule has 1 fully saturated rings. The van der Waals surface area contributed by atoms with E-state index in [0.29, 0.717) is 11.6 Å². The van der Waals surface area contributed by atoms with Crippen molar-refractivity contribution in [1.29, 1.82) is 0 Å². The Labute approximate surface area is 109 Å². The molecule has 0 radical (unpaired) electrons. The van der Waals surface area contributed by atoms with E-state index in [1.807, 2.05) is 13.0 Å². The molecule has 1 heterocycles. The quantitative estimate of drug-likeness (QED) is 0.811. The molecular formula is C14H20ClNO. The summed E-state index contributed by atoms with van der Waals surface area (Å²) in [4.78, 5) is 2.50. The third-order valence-electron chi connectivity index (χ3n) is 3.15. The lowest BCUT2D eigenvalue weighted by Crippen LogP contribution is -2.29. The molecule has 2 nitrogen and oxygen atoms in total. The Bertz CT molecular complexity index is 361. The first-order valence-corrected chi connectivity index (χ1v) is 6.81. The van der Waals surface area contributed by atoms with Gasteiger partial charge in [-0.2, -0.15) is 0 Å². The second-order valence-electron chi connectivity index (χ2n) is 4.53. The minimum atomic E-state index is 0.660. The van der Waals surface area contributed by atoms with E-state index in [9.17, 15) is 0 Å². The van der Waals surface area contributed by atoms with Crippen LogP contribution in [0.4, 0.5) is 0 Å². The van der Waals surface area contributed by atoms with E-state index in [2.05, 4.69) is 17.0 Å². The van der Waals surface area contributed by atoms with Crippen LogP contribution in [-0.2, 0) is 6.54 Å². The van der Waals surface area contributed by atoms with E-state index >= 15 is 0 Å². The highest BCUT2D eigenvalue weighted by Crippen LogP contribution is 2.26. The van der Waals surface area contributed by atoms with Crippen molar-refractivity contribution in [2.75, 3.05) is 19.7 Å². The van der Waals surface area contributed by atoms with E-state index in [-0.39, 0.29) is 0 Å². The fraction of sp³-hybridized carbons (Fsp3) is 0.571. The van der Waals surface area contributed by atoms with Gasteiger partial charge in [0.15, 0.2) is 0 Å². The molecule has 94 valence electrons. The number of likely N-dealkylation sites (tertiary alicyclic amines) is 1. The molecule has 0 saturated carbocycles. The zero-order valence-electron chi connectivity index (χ0n) is 10.4. The molecule has 1 aliphatic rings. The van der Waals surface area contributed by atoms with Crippen molar-refractivity contribution in [3.8, 4) is 5.75 Å². The molecule has 0 unspecified atom stereocenters. The van der Waals surface area contributed by atoms with Gasteiger partial charge in [0.25, 0.3) is 0 Å². The van der Waals surface area contributed by atoms with Crippen LogP contribution < -0.4 is 4.74 Å². The average Bonchev–Trinajstić information content (AvgIpc) is 2.35. The van der Waals surface area contributed by atoms with E-state index in [0.717, 1.165) is 12.3 Å². The Hall–Kier alpha value is -0.730. The van der Waals surface area contributed by atoms with Gasteiger partial charge in [0.05, 0.1) is 11.6 Å². The van der Waals surface area contributed by atoms with Crippen LogP contribution in [-0.4, -0.2) is 24.6 Å². The summed E-state index contributed by atoms with van der Waals surface area (Å²) in [7, 11) is 0. The number of hydrogen-bond donors (Lipinski definition) is 0. The van der Waals surface area contributed by atoms with Gasteiger partial charge in [0.1, 0.15) is 5.75 Å². The van der Waals surface area contributed by atoms with Crippen LogP contribution >= 0.6 is 11.6 Å². The van der Waals surface area contributed by atoms with Crippen molar-refractivity contribution in [3.05, 3.63) is 28.8 Å². The summed E-state index contributed by atoms with van der Waals surface area (Å²) in [5, 5.41) is 0.703. The van der Waals surface area contributed by atoms with E-state index in [1.165, 1.54) is 37.9 Å². The minimum Gasteiger partial charge on any atom is -0.492 e. The molecule has 0 amide bonds. The van der Waals surface area contributed by atoms with E-state index in [1.54, 1.807) is 0 Å². The van der Waals surface area contributed by atoms with Crippen molar-refractivity contribution in [3.63, 3.8) is 0 Å². The summed E-state index contributed by atoms with van der Waals surface area (Å²) in [5.41, 5.74) is 1.29. The van der Waals surface area contributed by atoms with Crippen LogP contribution in [0.5, 0.6) is 5.75 Å². The molecule has 0 bridgehead atoms. The van der Waals surface area contributed by atoms with Crippen LogP contribution in [0, 0.1) is 0 Å². The summed E-state index contributed by atoms with van der Waals surface area (Å²) in [6.07, 6.45) is 4.03. The maximum Gasteiger partial charge on any atom is 0.138 e. The highest BCUT2D eigenvalue weighted by molar-refractivity contribution is 6.32. The smallest absolute Gasteiger partial charge is 0.138 e. The van der Waals surface area contributed by atoms with Crippen LogP contribution in [0.2, 0.25) is 5.02 Å². The second kappa shape index (κ2) is 6.27. The zero-order valence-corrected chi connectivity index (χ0v) is 11.2. The molecule has 1 aliphatic heterocycles. The Morgan fingerprint density at radius 2 is 2.00 bits per heavy atom. The first-order valence-electron chi connectivity index (χ1n) is 6.43. The average molecular weight is 254 g/mol. The van der Waals surface area contributed by atoms with E-state index < -0.39 is 0 Å². The lowest BCUT2D eigenvalue weighted by molar-refractivity contribution is 0.220. The molecule has 1 aromatic rings. The molecule has 1 aromatic carbocycles. The highest BCUT2D eigenvalue weighted by atomic mass is 35.5. The number of hydrogen-bond acceptors (Lipinski definition) is 2. The lowest BCUT2D eigenvalue weighted by Gasteiger charge is -2.26. The van der Waals surface area contributed by atoms with Gasteiger partial charge >= 0.3 is 0 Å². The van der Waals surface area contributed by atoms with Gasteiger partial charge in [0.2, 0.25) is 0 Å². The summed E-state index contributed by atoms with van der Waals surface area (Å²) >= 11 is 6.08. The normalized spacial score (nSPS) is 17.1. The number of nitrogens with zero attached hydrogens (tertiary/aromatic N) is 1. The van der Waals surface area contributed by atoms with Crippen molar-refractivity contribution in [2.45, 2.75) is 32.7 Å². The standard InChI is InChI=1S/C14H20ClNO/c1-2-17-14-10-12(6-7-13(14)15)11-16-8-4-3-5-9-16/h6-7,10H,2-5,8-9,11H2,1H3. The Morgan fingerprint density at radius 3 is 2.71 bits per heavy atom. The molecule has 0 aromatic heterocycles. The monoisotopic (exact) mass is 253 g/mol. The first kappa shape index (κ1) is 12.7. The number of halogens is 1. The summed E-state index contributed by atoms with van der Waals surface area (Å²) in [6, 6.07) is 6.10. The predicted molar refractivity (Wildman–Crippen MR) is 71.7 cm³/mol. The Balaban J connectivity index is 2.02. The molecule has 2 rings (SSSR count). The summed E-state index contributed by atoms with van der Waals surface area (Å²) < 4.78 is 5.52. The molecule has 0 spiro atoms. The van der Waals surface area contributed by atoms with Gasteiger partial charge in [-0.3, -0.25) is 4.90 Å². The maximum absolute atomic E-state index is 6.08. The molecule has 0 atom stereocenters. The van der Waals surface area contributed by atoms with Crippen LogP contribution in [0.15, 0.2) is 18.2 Å². The van der Waals surface area contributed by atoms with Crippen LogP contribution in [0.25, 0.3) is 0 Å². The largest absolute Gasteiger partial charge is 0.492 e. The SMILES string of the molecule is CCOc1cc(CN2CCCCC2)ccc1Cl. The summed E-state index contributed by atoms with van der Waals surface area (Å²) in [5.74, 6) is 0.809. The molecule has 0 N–H and O–H groups in total. The number of rotatable bonds is 4. The Kier molecular flexibility index (Phi) is 4.69. The first-order chi connectivity index (χ1) is 8.29. The molecule has 0 aliphatic carbocycles. The van der Waals surface area contributed by atoms with Gasteiger partial charge in [-0.1, -0.05) is 24.1 Å². The topological polar surface area (TPSA) is 12.5 Å². The van der Waals surface area contributed by atoms with Gasteiger partial charge < -0.3 is 4.74 Å². The molecule has 3 heteroatoms. The third kappa shape index (κ3) is 3.62. The lowest BCUT2D eigenvalue weighted by atomic mass is 10.1. The highest BCUT2D eigenvalue weighted by Gasteiger charge is 2.11. The van der Waals surface area contributed by atoms with Crippen LogP contribution in [0.3, 0.4) is 0 Å². The van der Waals surface area contributed by atoms with Gasteiger partial charge in [-0.15, -0.1) is 0 Å². The van der Waals surface area contributed by atoms with Gasteiger partial charge in [0, 0.05) is 6.54 Å². The van der Waals surface area contributed by atoms with Crippen LogP contribution in [0.1, 0.15) is 31.7 Å². The fourth-order valence-corrected chi connectivity index (χ4v) is 2.46. The minimum absolute atomic E-state index is 0.660. The molecule has 1 saturated heterocycles. The second-order valence-corrected chi connectivity index (χ2v) is 4.94. The summed E-state index contributed by atoms with van der Waals surface area (Å²) in [6.45, 7) is 6.08. The maximum atomic E-state index is 6.08. The van der Waals surface area contributed by atoms with Crippen molar-refractivity contribution in [1.82, 2.24) is 4.90 Å². The van der Waals surface area contributed by atoms with Crippen molar-refractivity contribution in [2.24, 2.45) is 0 Å². The molecular weight excluding hydrogens is 234 g/mol. The van der Waals surface area contributed by atoms with Crippen molar-refractivity contribution >= 4 is 11.6 Å². The number of ether oxygens (including phenoxy) is 1. The number of piperidine rings is 1. The molecule has 17 heavy (non-hydrogen) atoms.